The number of aliphatic hydroxyl groups is 2. The molecule has 0 rings (SSSR count). The lowest BCUT2D eigenvalue weighted by Gasteiger charge is -2.29. The van der Waals surface area contributed by atoms with Gasteiger partial charge < -0.3 is 34.6 Å². The number of hydrogen-bond donors (Lipinski definition) is 6. The summed E-state index contributed by atoms with van der Waals surface area (Å²) in [4.78, 5) is 44.9. The highest BCUT2D eigenvalue weighted by molar-refractivity contribution is 7.46. The molecule has 0 aromatic rings. The lowest BCUT2D eigenvalue weighted by molar-refractivity contribution is -0.129. The van der Waals surface area contributed by atoms with Crippen LogP contribution in [0.5, 0.6) is 0 Å². The molecule has 13 heteroatoms. The Morgan fingerprint density at radius 3 is 1.68 bits per heavy atom. The van der Waals surface area contributed by atoms with Gasteiger partial charge in [-0.15, -0.1) is 0 Å². The molecule has 0 amide bonds. The molecule has 0 aromatic carbocycles. The number of phosphoric acid groups is 2. The van der Waals surface area contributed by atoms with Gasteiger partial charge in [-0.25, -0.2) is 9.13 Å². The van der Waals surface area contributed by atoms with Crippen LogP contribution in [0.2, 0.25) is 0 Å². The summed E-state index contributed by atoms with van der Waals surface area (Å²) in [7, 11) is -10.4. The molecule has 0 aromatic heterocycles. The third-order valence-electron chi connectivity index (χ3n) is 1.81. The molecule has 0 aliphatic heterocycles. The normalized spacial score (nSPS) is 19.5. The van der Waals surface area contributed by atoms with Crippen molar-refractivity contribution in [2.75, 3.05) is 0 Å². The van der Waals surface area contributed by atoms with Crippen LogP contribution in [0, 0.1) is 0 Å². The zero-order chi connectivity index (χ0) is 15.4. The first-order valence-electron chi connectivity index (χ1n) is 4.66. The predicted molar refractivity (Wildman–Crippen MR) is 57.6 cm³/mol. The number of aldehydes is 1. The van der Waals surface area contributed by atoms with E-state index in [1.807, 2.05) is 0 Å². The van der Waals surface area contributed by atoms with Crippen molar-refractivity contribution < 1.29 is 52.8 Å². The average Bonchev–Trinajstić information content (AvgIpc) is 2.19. The van der Waals surface area contributed by atoms with Crippen molar-refractivity contribution in [1.82, 2.24) is 0 Å². The first kappa shape index (κ1) is 18.8. The highest BCUT2D eigenvalue weighted by Crippen LogP contribution is 2.43. The van der Waals surface area contributed by atoms with E-state index < -0.39 is 40.1 Å². The molecule has 0 radical (unpaired) electrons. The van der Waals surface area contributed by atoms with Crippen LogP contribution >= 0.6 is 15.6 Å². The molecule has 0 spiro atoms. The van der Waals surface area contributed by atoms with Gasteiger partial charge in [-0.1, -0.05) is 0 Å². The third kappa shape index (κ3) is 7.85. The largest absolute Gasteiger partial charge is 0.470 e. The Morgan fingerprint density at radius 1 is 1.00 bits per heavy atom. The second kappa shape index (κ2) is 7.00. The maximum Gasteiger partial charge on any atom is 0.470 e. The Hall–Kier alpha value is -0.190. The summed E-state index contributed by atoms with van der Waals surface area (Å²) in [5.74, 6) is 0. The quantitative estimate of drug-likeness (QED) is 0.211. The molecule has 19 heavy (non-hydrogen) atoms. The number of aliphatic hydroxyl groups excluding tert-OH is 2. The van der Waals surface area contributed by atoms with Gasteiger partial charge >= 0.3 is 15.6 Å². The van der Waals surface area contributed by atoms with E-state index in [4.69, 9.17) is 24.7 Å². The maximum atomic E-state index is 10.7. The Kier molecular flexibility index (Phi) is 6.93. The van der Waals surface area contributed by atoms with Crippen LogP contribution in [0.15, 0.2) is 0 Å². The van der Waals surface area contributed by atoms with E-state index in [0.717, 1.165) is 6.92 Å². The third-order valence-corrected chi connectivity index (χ3v) is 2.84. The van der Waals surface area contributed by atoms with E-state index in [1.165, 1.54) is 0 Å². The molecule has 0 unspecified atom stereocenters. The Morgan fingerprint density at radius 2 is 1.42 bits per heavy atom. The van der Waals surface area contributed by atoms with Gasteiger partial charge in [0, 0.05) is 0 Å². The summed E-state index contributed by atoms with van der Waals surface area (Å²) in [6.45, 7) is 1.00. The standard InChI is InChI=1S/C6H14O11P2/c1-3(8)5(9)6(17-19(13,14)15)4(2-7)16-18(10,11)12/h2-6,8-9H,1H3,(H2,10,11,12)(H2,13,14,15)/t3-,4-,5-,6-/m0/s1. The van der Waals surface area contributed by atoms with Gasteiger partial charge in [-0.2, -0.15) is 0 Å². The highest BCUT2D eigenvalue weighted by atomic mass is 31.2. The topological polar surface area (TPSA) is 191 Å². The van der Waals surface area contributed by atoms with Crippen molar-refractivity contribution in [3.63, 3.8) is 0 Å². The monoisotopic (exact) mass is 324 g/mol. The summed E-state index contributed by atoms with van der Waals surface area (Å²) in [6, 6.07) is 0. The molecule has 0 saturated heterocycles. The summed E-state index contributed by atoms with van der Waals surface area (Å²) in [5, 5.41) is 18.5. The lowest BCUT2D eigenvalue weighted by atomic mass is 10.1. The molecule has 0 heterocycles. The zero-order valence-electron chi connectivity index (χ0n) is 9.51. The first-order valence-corrected chi connectivity index (χ1v) is 7.73. The van der Waals surface area contributed by atoms with Crippen molar-refractivity contribution >= 4 is 21.9 Å². The zero-order valence-corrected chi connectivity index (χ0v) is 11.3. The van der Waals surface area contributed by atoms with Crippen LogP contribution in [0.1, 0.15) is 6.92 Å². The Labute approximate surface area is 107 Å². The van der Waals surface area contributed by atoms with Gasteiger partial charge in [0.2, 0.25) is 0 Å². The first-order chi connectivity index (χ1) is 8.37. The van der Waals surface area contributed by atoms with Gasteiger partial charge in [0.1, 0.15) is 12.2 Å². The SMILES string of the molecule is C[C@H](O)[C@H](O)[C@@H](OP(=O)(O)O)[C@H](C=O)OP(=O)(O)O. The van der Waals surface area contributed by atoms with Crippen LogP contribution in [0.25, 0.3) is 0 Å². The van der Waals surface area contributed by atoms with Crippen LogP contribution in [-0.4, -0.2) is 60.5 Å². The summed E-state index contributed by atoms with van der Waals surface area (Å²) in [5.41, 5.74) is 0. The van der Waals surface area contributed by atoms with Gasteiger partial charge in [-0.05, 0) is 6.92 Å². The number of hydrogen-bond acceptors (Lipinski definition) is 7. The number of phosphoric ester groups is 2. The molecule has 6 N–H and O–H groups in total. The summed E-state index contributed by atoms with van der Waals surface area (Å²) in [6.07, 6.45) is -8.25. The lowest BCUT2D eigenvalue weighted by Crippen LogP contribution is -2.46. The fraction of sp³-hybridized carbons (Fsp3) is 0.833. The molecular formula is C6H14O11P2. The van der Waals surface area contributed by atoms with Crippen molar-refractivity contribution in [3.05, 3.63) is 0 Å². The average molecular weight is 324 g/mol. The second-order valence-electron chi connectivity index (χ2n) is 3.49. The molecule has 0 saturated carbocycles. The summed E-state index contributed by atoms with van der Waals surface area (Å²) >= 11 is 0. The minimum atomic E-state index is -5.21. The van der Waals surface area contributed by atoms with Crippen molar-refractivity contribution in [2.24, 2.45) is 0 Å². The van der Waals surface area contributed by atoms with Crippen molar-refractivity contribution in [2.45, 2.75) is 31.3 Å². The van der Waals surface area contributed by atoms with Crippen LogP contribution in [0.3, 0.4) is 0 Å². The molecule has 0 aliphatic rings. The number of carbonyl (C=O) groups is 1. The van der Waals surface area contributed by atoms with Crippen LogP contribution in [0.4, 0.5) is 0 Å². The van der Waals surface area contributed by atoms with E-state index in [2.05, 4.69) is 9.05 Å². The van der Waals surface area contributed by atoms with Gasteiger partial charge in [0.15, 0.2) is 12.4 Å². The number of rotatable bonds is 8. The molecule has 0 bridgehead atoms. The van der Waals surface area contributed by atoms with Crippen molar-refractivity contribution in [1.29, 1.82) is 0 Å². The predicted octanol–water partition coefficient (Wildman–Crippen LogP) is -2.12. The van der Waals surface area contributed by atoms with Crippen molar-refractivity contribution in [3.8, 4) is 0 Å². The van der Waals surface area contributed by atoms with E-state index >= 15 is 0 Å². The van der Waals surface area contributed by atoms with E-state index in [9.17, 15) is 19.0 Å². The molecule has 114 valence electrons. The van der Waals surface area contributed by atoms with Gasteiger partial charge in [-0.3, -0.25) is 9.05 Å². The fourth-order valence-corrected chi connectivity index (χ4v) is 2.12. The Balaban J connectivity index is 5.24. The molecule has 0 fully saturated rings. The Bertz CT molecular complexity index is 383. The van der Waals surface area contributed by atoms with Crippen LogP contribution < -0.4 is 0 Å². The molecular weight excluding hydrogens is 310 g/mol. The van der Waals surface area contributed by atoms with E-state index in [-0.39, 0.29) is 6.29 Å². The van der Waals surface area contributed by atoms with E-state index in [0.29, 0.717) is 0 Å². The number of carbonyl (C=O) groups excluding carboxylic acids is 1. The molecule has 0 aliphatic carbocycles. The second-order valence-corrected chi connectivity index (χ2v) is 5.87. The van der Waals surface area contributed by atoms with Gasteiger partial charge in [0.25, 0.3) is 0 Å². The minimum absolute atomic E-state index is 0.231. The van der Waals surface area contributed by atoms with Crippen LogP contribution in [-0.2, 0) is 23.0 Å². The fourth-order valence-electron chi connectivity index (χ4n) is 1.07. The smallest absolute Gasteiger partial charge is 0.391 e. The van der Waals surface area contributed by atoms with E-state index in [1.54, 1.807) is 0 Å². The van der Waals surface area contributed by atoms with Gasteiger partial charge in [0.05, 0.1) is 6.10 Å². The molecule has 4 atom stereocenters. The highest BCUT2D eigenvalue weighted by Gasteiger charge is 2.40. The maximum absolute atomic E-state index is 10.7. The molecule has 11 nitrogen and oxygen atoms in total. The minimum Gasteiger partial charge on any atom is -0.391 e. The summed E-state index contributed by atoms with van der Waals surface area (Å²) < 4.78 is 29.2.